The van der Waals surface area contributed by atoms with E-state index in [2.05, 4.69) is 15.9 Å². The Labute approximate surface area is 81.6 Å². The van der Waals surface area contributed by atoms with Crippen molar-refractivity contribution in [1.82, 2.24) is 0 Å². The van der Waals surface area contributed by atoms with Gasteiger partial charge < -0.3 is 0 Å². The Morgan fingerprint density at radius 3 is 2.58 bits per heavy atom. The minimum atomic E-state index is -0.104. The van der Waals surface area contributed by atoms with Crippen LogP contribution in [-0.4, -0.2) is 5.78 Å². The molecule has 1 rings (SSSR count). The van der Waals surface area contributed by atoms with E-state index in [9.17, 15) is 4.79 Å². The molecule has 0 saturated carbocycles. The molecule has 0 aliphatic rings. The van der Waals surface area contributed by atoms with Crippen molar-refractivity contribution >= 4 is 27.8 Å². The minimum Gasteiger partial charge on any atom is -0.295 e. The number of hydrogen-bond donors (Lipinski definition) is 0. The Morgan fingerprint density at radius 2 is 2.08 bits per heavy atom. The summed E-state index contributed by atoms with van der Waals surface area (Å²) in [4.78, 5) is 10.7. The van der Waals surface area contributed by atoms with Gasteiger partial charge >= 0.3 is 0 Å². The smallest absolute Gasteiger partial charge is 0.152 e. The van der Waals surface area contributed by atoms with Gasteiger partial charge in [-0.2, -0.15) is 0 Å². The van der Waals surface area contributed by atoms with Crippen LogP contribution in [0.3, 0.4) is 0 Å². The molecule has 12 heavy (non-hydrogen) atoms. The molecule has 0 amide bonds. The molecular weight excluding hydrogens is 216 g/mol. The first kappa shape index (κ1) is 7.74. The molecule has 1 aromatic rings. The number of halogens is 1. The maximum absolute atomic E-state index is 10.7. The van der Waals surface area contributed by atoms with Crippen molar-refractivity contribution in [2.24, 2.45) is 0 Å². The van der Waals surface area contributed by atoms with E-state index in [0.29, 0.717) is 0 Å². The molecule has 0 aliphatic carbocycles. The van der Waals surface area contributed by atoms with Crippen LogP contribution in [0.1, 0.15) is 13.9 Å². The molecule has 0 N–H and O–H groups in total. The first-order valence-electron chi connectivity index (χ1n) is 4.04. The van der Waals surface area contributed by atoms with Crippen LogP contribution in [0.5, 0.6) is 0 Å². The van der Waals surface area contributed by atoms with Crippen LogP contribution in [0.25, 0.3) is 6.05 Å². The standard InChI is InChI=1S/C10H9BrO/c1-8(12)2-3-9-4-6-10(11)7-5-9/h2-7H,1H3/b3-2+/i3D. The quantitative estimate of drug-likeness (QED) is 0.708. The van der Waals surface area contributed by atoms with E-state index in [1.807, 2.05) is 12.1 Å². The Hall–Kier alpha value is -0.890. The average molecular weight is 226 g/mol. The predicted molar refractivity (Wildman–Crippen MR) is 53.9 cm³/mol. The minimum absolute atomic E-state index is 0.104. The van der Waals surface area contributed by atoms with Crippen molar-refractivity contribution in [2.45, 2.75) is 6.92 Å². The third kappa shape index (κ3) is 3.01. The van der Waals surface area contributed by atoms with Gasteiger partial charge in [-0.25, -0.2) is 0 Å². The van der Waals surface area contributed by atoms with Crippen molar-refractivity contribution in [3.05, 3.63) is 40.4 Å². The maximum Gasteiger partial charge on any atom is 0.152 e. The largest absolute Gasteiger partial charge is 0.295 e. The number of allylic oxidation sites excluding steroid dienone is 1. The Balaban J connectivity index is 2.96. The van der Waals surface area contributed by atoms with Gasteiger partial charge in [-0.1, -0.05) is 34.1 Å². The molecule has 0 fully saturated rings. The third-order valence-corrected chi connectivity index (χ3v) is 1.81. The molecular formula is C10H9BrO. The molecule has 0 aliphatic heterocycles. The number of carbonyl (C=O) groups is 1. The predicted octanol–water partition coefficient (Wildman–Crippen LogP) is 3.05. The molecule has 1 nitrogen and oxygen atoms in total. The molecule has 2 heteroatoms. The summed E-state index contributed by atoms with van der Waals surface area (Å²) in [7, 11) is 0. The molecule has 0 atom stereocenters. The van der Waals surface area contributed by atoms with E-state index in [1.165, 1.54) is 13.0 Å². The van der Waals surface area contributed by atoms with E-state index >= 15 is 0 Å². The fraction of sp³-hybridized carbons (Fsp3) is 0.100. The Morgan fingerprint density at radius 1 is 1.50 bits per heavy atom. The summed E-state index contributed by atoms with van der Waals surface area (Å²) in [5, 5.41) is 0. The summed E-state index contributed by atoms with van der Waals surface area (Å²) < 4.78 is 8.50. The van der Waals surface area contributed by atoms with Gasteiger partial charge in [0.1, 0.15) is 0 Å². The molecule has 1 aromatic carbocycles. The number of rotatable bonds is 2. The monoisotopic (exact) mass is 225 g/mol. The summed E-state index contributed by atoms with van der Waals surface area (Å²) in [6.07, 6.45) is 1.31. The van der Waals surface area contributed by atoms with Gasteiger partial charge in [0.25, 0.3) is 0 Å². The lowest BCUT2D eigenvalue weighted by atomic mass is 10.2. The van der Waals surface area contributed by atoms with Gasteiger partial charge in [0.2, 0.25) is 0 Å². The second-order valence-corrected chi connectivity index (χ2v) is 3.32. The zero-order valence-corrected chi connectivity index (χ0v) is 8.26. The van der Waals surface area contributed by atoms with Crippen LogP contribution >= 0.6 is 15.9 Å². The SMILES string of the molecule is [2H]/C(=C\C(C)=O)c1ccc(Br)cc1. The molecule has 0 spiro atoms. The summed E-state index contributed by atoms with van der Waals surface area (Å²) in [5.74, 6) is -0.104. The normalized spacial score (nSPS) is 12.5. The lowest BCUT2D eigenvalue weighted by molar-refractivity contribution is -0.112. The van der Waals surface area contributed by atoms with E-state index in [1.54, 1.807) is 12.1 Å². The highest BCUT2D eigenvalue weighted by atomic mass is 79.9. The topological polar surface area (TPSA) is 17.1 Å². The van der Waals surface area contributed by atoms with E-state index in [-0.39, 0.29) is 11.8 Å². The van der Waals surface area contributed by atoms with Gasteiger partial charge in [0.05, 0.1) is 1.37 Å². The van der Waals surface area contributed by atoms with Crippen molar-refractivity contribution in [2.75, 3.05) is 0 Å². The van der Waals surface area contributed by atoms with Crippen LogP contribution in [0.15, 0.2) is 34.8 Å². The number of ketones is 1. The Kier molecular flexibility index (Phi) is 2.72. The highest BCUT2D eigenvalue weighted by Crippen LogP contribution is 2.11. The van der Waals surface area contributed by atoms with Gasteiger partial charge in [0.15, 0.2) is 5.78 Å². The van der Waals surface area contributed by atoms with Crippen molar-refractivity contribution in [1.29, 1.82) is 0 Å². The number of hydrogen-bond acceptors (Lipinski definition) is 1. The first-order chi connectivity index (χ1) is 6.09. The van der Waals surface area contributed by atoms with Crippen molar-refractivity contribution in [3.63, 3.8) is 0 Å². The van der Waals surface area contributed by atoms with Crippen molar-refractivity contribution < 1.29 is 6.17 Å². The molecule has 0 saturated heterocycles. The van der Waals surface area contributed by atoms with E-state index < -0.39 is 0 Å². The summed E-state index contributed by atoms with van der Waals surface area (Å²) >= 11 is 3.30. The summed E-state index contributed by atoms with van der Waals surface area (Å²) in [6, 6.07) is 7.54. The van der Waals surface area contributed by atoms with Crippen molar-refractivity contribution in [3.8, 4) is 0 Å². The lowest BCUT2D eigenvalue weighted by Crippen LogP contribution is -1.79. The molecule has 0 aromatic heterocycles. The summed E-state index contributed by atoms with van der Waals surface area (Å²) in [5.41, 5.74) is 0.749. The second kappa shape index (κ2) is 4.21. The molecule has 0 unspecified atom stereocenters. The lowest BCUT2D eigenvalue weighted by Gasteiger charge is -1.91. The van der Waals surface area contributed by atoms with Crippen LogP contribution in [0.4, 0.5) is 0 Å². The molecule has 0 heterocycles. The second-order valence-electron chi connectivity index (χ2n) is 2.41. The molecule has 0 radical (unpaired) electrons. The van der Waals surface area contributed by atoms with Gasteiger partial charge in [0, 0.05) is 4.47 Å². The zero-order chi connectivity index (χ0) is 9.84. The van der Waals surface area contributed by atoms with E-state index in [0.717, 1.165) is 10.0 Å². The van der Waals surface area contributed by atoms with Crippen LogP contribution in [-0.2, 0) is 4.79 Å². The van der Waals surface area contributed by atoms with Gasteiger partial charge in [-0.05, 0) is 30.7 Å². The fourth-order valence-corrected chi connectivity index (χ4v) is 0.995. The Bertz CT molecular complexity index is 340. The van der Waals surface area contributed by atoms with E-state index in [4.69, 9.17) is 1.37 Å². The maximum atomic E-state index is 10.7. The summed E-state index contributed by atoms with van der Waals surface area (Å²) in [6.45, 7) is 1.44. The highest BCUT2D eigenvalue weighted by molar-refractivity contribution is 9.10. The molecule has 0 bridgehead atoms. The number of carbonyl (C=O) groups excluding carboxylic acids is 1. The average Bonchev–Trinajstić information content (AvgIpc) is 2.04. The van der Waals surface area contributed by atoms with Crippen LogP contribution in [0, 0.1) is 0 Å². The molecule has 62 valence electrons. The van der Waals surface area contributed by atoms with Gasteiger partial charge in [-0.3, -0.25) is 4.79 Å². The highest BCUT2D eigenvalue weighted by Gasteiger charge is 1.87. The zero-order valence-electron chi connectivity index (χ0n) is 7.67. The van der Waals surface area contributed by atoms with Gasteiger partial charge in [-0.15, -0.1) is 0 Å². The number of benzene rings is 1. The van der Waals surface area contributed by atoms with Crippen LogP contribution < -0.4 is 0 Å². The fourth-order valence-electron chi connectivity index (χ4n) is 0.731. The third-order valence-electron chi connectivity index (χ3n) is 1.29. The first-order valence-corrected chi connectivity index (χ1v) is 4.33. The van der Waals surface area contributed by atoms with Crippen LogP contribution in [0.2, 0.25) is 0 Å².